The number of nitrogens with zero attached hydrogens (tertiary/aromatic N) is 1. The van der Waals surface area contributed by atoms with Gasteiger partial charge in [-0.2, -0.15) is 0 Å². The molecular weight excluding hydrogens is 550 g/mol. The molecule has 0 heterocycles. The van der Waals surface area contributed by atoms with Crippen molar-refractivity contribution in [2.45, 2.75) is 91.9 Å². The Hall–Kier alpha value is -2.84. The number of benzene rings is 4. The third-order valence-electron chi connectivity index (χ3n) is 7.81. The van der Waals surface area contributed by atoms with Crippen molar-refractivity contribution in [1.82, 2.24) is 0 Å². The smallest absolute Gasteiger partial charge is 0.0462 e. The van der Waals surface area contributed by atoms with Crippen LogP contribution in [-0.2, 0) is 10.8 Å². The lowest BCUT2D eigenvalue weighted by Crippen LogP contribution is -2.14. The Bertz CT molecular complexity index is 1340. The summed E-state index contributed by atoms with van der Waals surface area (Å²) in [5, 5.41) is 0. The van der Waals surface area contributed by atoms with Crippen molar-refractivity contribution in [1.29, 1.82) is 0 Å². The minimum Gasteiger partial charge on any atom is -0.311 e. The van der Waals surface area contributed by atoms with E-state index in [4.69, 9.17) is 0 Å². The molecule has 0 saturated heterocycles. The second kappa shape index (κ2) is 11.6. The molecule has 0 radical (unpaired) electrons. The zero-order valence-electron chi connectivity index (χ0n) is 26.1. The molecule has 0 atom stereocenters. The van der Waals surface area contributed by atoms with Crippen LogP contribution in [0.1, 0.15) is 103 Å². The molecule has 40 heavy (non-hydrogen) atoms. The Kier molecular flexibility index (Phi) is 8.71. The molecule has 4 rings (SSSR count). The summed E-state index contributed by atoms with van der Waals surface area (Å²) in [7, 11) is 0. The van der Waals surface area contributed by atoms with Crippen LogP contribution in [0.25, 0.3) is 11.1 Å². The summed E-state index contributed by atoms with van der Waals surface area (Å²) in [5.74, 6) is 0.905. The van der Waals surface area contributed by atoms with Gasteiger partial charge in [-0.05, 0) is 105 Å². The van der Waals surface area contributed by atoms with Crippen LogP contribution in [0, 0.1) is 0 Å². The average molecular weight is 597 g/mol. The summed E-state index contributed by atoms with van der Waals surface area (Å²) in [6, 6.07) is 31.9. The molecule has 0 aliphatic rings. The molecule has 0 spiro atoms. The minimum atomic E-state index is 0.119. The Balaban J connectivity index is 1.79. The molecule has 0 saturated carbocycles. The van der Waals surface area contributed by atoms with Gasteiger partial charge in [-0.25, -0.2) is 0 Å². The van der Waals surface area contributed by atoms with Crippen LogP contribution < -0.4 is 4.90 Å². The van der Waals surface area contributed by atoms with Crippen LogP contribution in [0.2, 0.25) is 0 Å². The van der Waals surface area contributed by atoms with Gasteiger partial charge >= 0.3 is 0 Å². The first-order valence-corrected chi connectivity index (χ1v) is 15.4. The van der Waals surface area contributed by atoms with E-state index < -0.39 is 0 Å². The van der Waals surface area contributed by atoms with Gasteiger partial charge in [0.25, 0.3) is 0 Å². The molecule has 0 aromatic heterocycles. The van der Waals surface area contributed by atoms with Gasteiger partial charge in [0.05, 0.1) is 0 Å². The van der Waals surface area contributed by atoms with Crippen LogP contribution >= 0.6 is 15.9 Å². The lowest BCUT2D eigenvalue weighted by atomic mass is 9.86. The third-order valence-corrected chi connectivity index (χ3v) is 8.73. The lowest BCUT2D eigenvalue weighted by molar-refractivity contribution is 0.590. The van der Waals surface area contributed by atoms with E-state index in [-0.39, 0.29) is 10.8 Å². The first-order valence-electron chi connectivity index (χ1n) is 14.6. The third kappa shape index (κ3) is 6.55. The van der Waals surface area contributed by atoms with Gasteiger partial charge in [-0.1, -0.05) is 122 Å². The van der Waals surface area contributed by atoms with Crippen LogP contribution in [0.3, 0.4) is 0 Å². The van der Waals surface area contributed by atoms with Crippen molar-refractivity contribution in [3.8, 4) is 11.1 Å². The zero-order valence-corrected chi connectivity index (χ0v) is 27.6. The average Bonchev–Trinajstić information content (AvgIpc) is 2.89. The maximum Gasteiger partial charge on any atom is 0.0462 e. The highest BCUT2D eigenvalue weighted by Gasteiger charge is 2.19. The van der Waals surface area contributed by atoms with Crippen LogP contribution in [0.5, 0.6) is 0 Å². The van der Waals surface area contributed by atoms with Crippen molar-refractivity contribution >= 4 is 33.0 Å². The number of rotatable bonds is 6. The first kappa shape index (κ1) is 30.1. The zero-order chi connectivity index (χ0) is 29.4. The van der Waals surface area contributed by atoms with Crippen molar-refractivity contribution in [2.24, 2.45) is 0 Å². The molecule has 4 aromatic carbocycles. The van der Waals surface area contributed by atoms with Crippen molar-refractivity contribution in [3.05, 3.63) is 112 Å². The van der Waals surface area contributed by atoms with Crippen molar-refractivity contribution in [2.75, 3.05) is 4.90 Å². The summed E-state index contributed by atoms with van der Waals surface area (Å²) < 4.78 is 1.25. The quantitative estimate of drug-likeness (QED) is 0.214. The Labute approximate surface area is 251 Å². The van der Waals surface area contributed by atoms with E-state index in [0.717, 1.165) is 17.1 Å². The lowest BCUT2D eigenvalue weighted by Gasteiger charge is -2.28. The van der Waals surface area contributed by atoms with Crippen LogP contribution in [0.4, 0.5) is 17.1 Å². The predicted molar refractivity (Wildman–Crippen MR) is 180 cm³/mol. The summed E-state index contributed by atoms with van der Waals surface area (Å²) in [4.78, 5) is 2.36. The van der Waals surface area contributed by atoms with Gasteiger partial charge in [0.2, 0.25) is 0 Å². The summed E-state index contributed by atoms with van der Waals surface area (Å²) in [5.41, 5.74) is 11.6. The van der Waals surface area contributed by atoms with Crippen LogP contribution in [0.15, 0.2) is 89.4 Å². The van der Waals surface area contributed by atoms with Gasteiger partial charge in [0, 0.05) is 21.5 Å². The minimum absolute atomic E-state index is 0.119. The van der Waals surface area contributed by atoms with Crippen molar-refractivity contribution in [3.63, 3.8) is 0 Å². The van der Waals surface area contributed by atoms with Crippen LogP contribution in [-0.4, -0.2) is 0 Å². The molecule has 0 unspecified atom stereocenters. The highest BCUT2D eigenvalue weighted by atomic mass is 79.9. The summed E-state index contributed by atoms with van der Waals surface area (Å²) in [6.45, 7) is 22.7. The van der Waals surface area contributed by atoms with E-state index in [0.29, 0.717) is 11.8 Å². The Morgan fingerprint density at radius 1 is 0.500 bits per heavy atom. The highest BCUT2D eigenvalue weighted by Crippen LogP contribution is 2.40. The first-order chi connectivity index (χ1) is 18.7. The fourth-order valence-corrected chi connectivity index (χ4v) is 6.29. The Morgan fingerprint density at radius 2 is 0.825 bits per heavy atom. The number of anilines is 3. The molecule has 1 nitrogen and oxygen atoms in total. The van der Waals surface area contributed by atoms with E-state index in [2.05, 4.69) is 175 Å². The van der Waals surface area contributed by atoms with Gasteiger partial charge in [-0.3, -0.25) is 0 Å². The summed E-state index contributed by atoms with van der Waals surface area (Å²) >= 11 is 3.90. The molecule has 4 aromatic rings. The van der Waals surface area contributed by atoms with E-state index in [9.17, 15) is 0 Å². The van der Waals surface area contributed by atoms with Crippen molar-refractivity contribution < 1.29 is 0 Å². The van der Waals surface area contributed by atoms with E-state index in [1.807, 2.05) is 0 Å². The van der Waals surface area contributed by atoms with E-state index in [1.165, 1.54) is 37.9 Å². The second-order valence-electron chi connectivity index (χ2n) is 13.8. The van der Waals surface area contributed by atoms with Gasteiger partial charge < -0.3 is 4.90 Å². The van der Waals surface area contributed by atoms with Gasteiger partial charge in [0.1, 0.15) is 0 Å². The topological polar surface area (TPSA) is 3.24 Å². The number of hydrogen-bond acceptors (Lipinski definition) is 1. The molecule has 2 heteroatoms. The van der Waals surface area contributed by atoms with E-state index >= 15 is 0 Å². The standard InChI is InChI=1S/C38H46BrN/c1-25(2)34-23-28(24-35(26(3)4)36(34)39)27-11-17-31(18-12-27)40(32-19-13-29(14-20-32)37(5,6)7)33-21-15-30(16-22-33)38(8,9)10/h11-26H,1-10H3. The molecule has 0 N–H and O–H groups in total. The molecule has 0 amide bonds. The highest BCUT2D eigenvalue weighted by molar-refractivity contribution is 9.10. The number of hydrogen-bond donors (Lipinski definition) is 0. The largest absolute Gasteiger partial charge is 0.311 e. The fourth-order valence-electron chi connectivity index (χ4n) is 5.15. The molecule has 0 aliphatic carbocycles. The normalized spacial score (nSPS) is 12.3. The van der Waals surface area contributed by atoms with E-state index in [1.54, 1.807) is 0 Å². The number of halogens is 1. The van der Waals surface area contributed by atoms with Gasteiger partial charge in [0.15, 0.2) is 0 Å². The SMILES string of the molecule is CC(C)c1cc(-c2ccc(N(c3ccc(C(C)(C)C)cc3)c3ccc(C(C)(C)C)cc3)cc2)cc(C(C)C)c1Br. The maximum absolute atomic E-state index is 3.90. The molecule has 0 aliphatic heterocycles. The summed E-state index contributed by atoms with van der Waals surface area (Å²) in [6.07, 6.45) is 0. The molecular formula is C38H46BrN. The van der Waals surface area contributed by atoms with Gasteiger partial charge in [-0.15, -0.1) is 0 Å². The fraction of sp³-hybridized carbons (Fsp3) is 0.368. The molecule has 0 bridgehead atoms. The molecule has 0 fully saturated rings. The molecule has 210 valence electrons. The predicted octanol–water partition coefficient (Wildman–Crippen LogP) is 12.4. The monoisotopic (exact) mass is 595 g/mol. The second-order valence-corrected chi connectivity index (χ2v) is 14.5. The Morgan fingerprint density at radius 3 is 1.12 bits per heavy atom. The maximum atomic E-state index is 3.90.